The quantitative estimate of drug-likeness (QED) is 0.778. The van der Waals surface area contributed by atoms with Crippen molar-refractivity contribution < 1.29 is 17.9 Å². The molecule has 0 saturated heterocycles. The van der Waals surface area contributed by atoms with Crippen LogP contribution in [-0.4, -0.2) is 26.2 Å². The highest BCUT2D eigenvalue weighted by atomic mass is 35.5. The van der Waals surface area contributed by atoms with Crippen LogP contribution in [0.5, 0.6) is 5.75 Å². The fourth-order valence-corrected chi connectivity index (χ4v) is 4.07. The topological polar surface area (TPSA) is 84.5 Å². The Bertz CT molecular complexity index is 1030. The molecule has 1 aliphatic rings. The van der Waals surface area contributed by atoms with Crippen molar-refractivity contribution in [3.05, 3.63) is 58.1 Å². The monoisotopic (exact) mass is 422 g/mol. The van der Waals surface area contributed by atoms with Crippen molar-refractivity contribution in [1.29, 1.82) is 0 Å². The van der Waals surface area contributed by atoms with E-state index in [0.717, 1.165) is 23.1 Å². The van der Waals surface area contributed by atoms with E-state index in [2.05, 4.69) is 10.0 Å². The fourth-order valence-electron chi connectivity index (χ4n) is 3.32. The van der Waals surface area contributed by atoms with Gasteiger partial charge in [-0.25, -0.2) is 8.42 Å². The standard InChI is InChI=1S/C20H23ClN2O4S/c1-12-5-8-18-15(9-12)17(11-20(2,3)27-18)22-19(24)14-10-13(6-7-16(14)21)23-28(4,25)26/h5-10,17,23H,11H2,1-4H3,(H,22,24)/t17-/m0/s1. The first-order valence-electron chi connectivity index (χ1n) is 8.81. The molecule has 150 valence electrons. The highest BCUT2D eigenvalue weighted by Gasteiger charge is 2.35. The Kier molecular flexibility index (Phi) is 5.34. The Labute approximate surface area is 170 Å². The van der Waals surface area contributed by atoms with Crippen LogP contribution < -0.4 is 14.8 Å². The van der Waals surface area contributed by atoms with Gasteiger partial charge >= 0.3 is 0 Å². The third-order valence-corrected chi connectivity index (χ3v) is 5.38. The minimum absolute atomic E-state index is 0.203. The summed E-state index contributed by atoms with van der Waals surface area (Å²) in [6, 6.07) is 10.1. The molecule has 2 aromatic rings. The van der Waals surface area contributed by atoms with Crippen LogP contribution in [0.1, 0.15) is 47.8 Å². The lowest BCUT2D eigenvalue weighted by atomic mass is 9.88. The number of carbonyl (C=O) groups excluding carboxylic acids is 1. The van der Waals surface area contributed by atoms with Crippen molar-refractivity contribution in [2.45, 2.75) is 38.8 Å². The number of halogens is 1. The maximum Gasteiger partial charge on any atom is 0.253 e. The highest BCUT2D eigenvalue weighted by molar-refractivity contribution is 7.92. The summed E-state index contributed by atoms with van der Waals surface area (Å²) in [6.45, 7) is 5.92. The van der Waals surface area contributed by atoms with Crippen LogP contribution in [0.2, 0.25) is 5.02 Å². The Hall–Kier alpha value is -2.25. The second kappa shape index (κ2) is 7.29. The lowest BCUT2D eigenvalue weighted by Gasteiger charge is -2.38. The molecular formula is C20H23ClN2O4S. The van der Waals surface area contributed by atoms with E-state index in [4.69, 9.17) is 16.3 Å². The molecule has 6 nitrogen and oxygen atoms in total. The second-order valence-electron chi connectivity index (χ2n) is 7.70. The summed E-state index contributed by atoms with van der Waals surface area (Å²) in [4.78, 5) is 12.9. The van der Waals surface area contributed by atoms with Crippen molar-refractivity contribution >= 4 is 33.2 Å². The van der Waals surface area contributed by atoms with E-state index in [-0.39, 0.29) is 28.2 Å². The van der Waals surface area contributed by atoms with Gasteiger partial charge < -0.3 is 10.1 Å². The van der Waals surface area contributed by atoms with Gasteiger partial charge in [0.25, 0.3) is 5.91 Å². The average molecular weight is 423 g/mol. The number of ether oxygens (including phenoxy) is 1. The normalized spacial score (nSPS) is 18.0. The molecule has 8 heteroatoms. The van der Waals surface area contributed by atoms with E-state index >= 15 is 0 Å². The SMILES string of the molecule is Cc1ccc2c(c1)[C@@H](NC(=O)c1cc(NS(C)(=O)=O)ccc1Cl)CC(C)(C)O2. The molecule has 2 aromatic carbocycles. The van der Waals surface area contributed by atoms with Gasteiger partial charge in [0.2, 0.25) is 10.0 Å². The van der Waals surface area contributed by atoms with Gasteiger partial charge in [0, 0.05) is 17.7 Å². The van der Waals surface area contributed by atoms with Gasteiger partial charge in [-0.3, -0.25) is 9.52 Å². The van der Waals surface area contributed by atoms with E-state index < -0.39 is 15.6 Å². The van der Waals surface area contributed by atoms with Crippen molar-refractivity contribution in [2.24, 2.45) is 0 Å². The third-order valence-electron chi connectivity index (χ3n) is 4.44. The molecule has 2 N–H and O–H groups in total. The molecule has 0 spiro atoms. The van der Waals surface area contributed by atoms with Gasteiger partial charge in [-0.15, -0.1) is 0 Å². The summed E-state index contributed by atoms with van der Waals surface area (Å²) in [5.41, 5.74) is 2.02. The number of fused-ring (bicyclic) bond motifs is 1. The van der Waals surface area contributed by atoms with Crippen LogP contribution in [0, 0.1) is 6.92 Å². The predicted molar refractivity (Wildman–Crippen MR) is 111 cm³/mol. The lowest BCUT2D eigenvalue weighted by molar-refractivity contribution is 0.0619. The first-order chi connectivity index (χ1) is 12.9. The van der Waals surface area contributed by atoms with Crippen LogP contribution in [0.3, 0.4) is 0 Å². The second-order valence-corrected chi connectivity index (χ2v) is 9.86. The maximum absolute atomic E-state index is 12.9. The number of nitrogens with one attached hydrogen (secondary N) is 2. The molecule has 0 aromatic heterocycles. The van der Waals surface area contributed by atoms with E-state index in [1.165, 1.54) is 18.2 Å². The van der Waals surface area contributed by atoms with Crippen molar-refractivity contribution in [1.82, 2.24) is 5.32 Å². The van der Waals surface area contributed by atoms with Crippen LogP contribution in [0.15, 0.2) is 36.4 Å². The molecule has 0 unspecified atom stereocenters. The molecule has 1 aliphatic heterocycles. The molecule has 28 heavy (non-hydrogen) atoms. The Morgan fingerprint density at radius 2 is 1.93 bits per heavy atom. The number of carbonyl (C=O) groups is 1. The molecule has 0 radical (unpaired) electrons. The van der Waals surface area contributed by atoms with E-state index in [0.29, 0.717) is 6.42 Å². The van der Waals surface area contributed by atoms with Crippen LogP contribution >= 0.6 is 11.6 Å². The number of rotatable bonds is 4. The number of aryl methyl sites for hydroxylation is 1. The van der Waals surface area contributed by atoms with Gasteiger partial charge in [0.05, 0.1) is 22.9 Å². The van der Waals surface area contributed by atoms with Crippen LogP contribution in [0.25, 0.3) is 0 Å². The number of hydrogen-bond acceptors (Lipinski definition) is 4. The molecule has 1 amide bonds. The molecule has 0 saturated carbocycles. The summed E-state index contributed by atoms with van der Waals surface area (Å²) in [6.07, 6.45) is 1.64. The average Bonchev–Trinajstić information content (AvgIpc) is 2.55. The lowest BCUT2D eigenvalue weighted by Crippen LogP contribution is -2.41. The van der Waals surface area contributed by atoms with E-state index in [1.54, 1.807) is 0 Å². The first kappa shape index (κ1) is 20.5. The third kappa shape index (κ3) is 4.77. The molecular weight excluding hydrogens is 400 g/mol. The molecule has 0 fully saturated rings. The Morgan fingerprint density at radius 3 is 2.61 bits per heavy atom. The number of amides is 1. The summed E-state index contributed by atoms with van der Waals surface area (Å²) < 4.78 is 31.3. The van der Waals surface area contributed by atoms with Crippen molar-refractivity contribution in [2.75, 3.05) is 11.0 Å². The number of sulfonamides is 1. The van der Waals surface area contributed by atoms with Gasteiger partial charge in [0.15, 0.2) is 0 Å². The summed E-state index contributed by atoms with van der Waals surface area (Å²) in [5, 5.41) is 3.27. The number of anilines is 1. The Balaban J connectivity index is 1.91. The van der Waals surface area contributed by atoms with Crippen LogP contribution in [0.4, 0.5) is 5.69 Å². The summed E-state index contributed by atoms with van der Waals surface area (Å²) >= 11 is 6.20. The van der Waals surface area contributed by atoms with E-state index in [9.17, 15) is 13.2 Å². The smallest absolute Gasteiger partial charge is 0.253 e. The zero-order valence-corrected chi connectivity index (χ0v) is 17.7. The Morgan fingerprint density at radius 1 is 1.21 bits per heavy atom. The number of benzene rings is 2. The predicted octanol–water partition coefficient (Wildman–Crippen LogP) is 4.05. The molecule has 0 aliphatic carbocycles. The maximum atomic E-state index is 12.9. The molecule has 1 atom stereocenters. The minimum atomic E-state index is -3.46. The summed E-state index contributed by atoms with van der Waals surface area (Å²) in [7, 11) is -3.46. The van der Waals surface area contributed by atoms with Gasteiger partial charge in [0.1, 0.15) is 11.4 Å². The van der Waals surface area contributed by atoms with E-state index in [1.807, 2.05) is 39.0 Å². The fraction of sp³-hybridized carbons (Fsp3) is 0.350. The van der Waals surface area contributed by atoms with Gasteiger partial charge in [-0.2, -0.15) is 0 Å². The van der Waals surface area contributed by atoms with Gasteiger partial charge in [-0.05, 0) is 45.0 Å². The number of hydrogen-bond donors (Lipinski definition) is 2. The highest BCUT2D eigenvalue weighted by Crippen LogP contribution is 2.40. The largest absolute Gasteiger partial charge is 0.487 e. The van der Waals surface area contributed by atoms with Gasteiger partial charge in [-0.1, -0.05) is 29.3 Å². The molecule has 1 heterocycles. The van der Waals surface area contributed by atoms with Crippen molar-refractivity contribution in [3.8, 4) is 5.75 Å². The zero-order chi connectivity index (χ0) is 20.7. The first-order valence-corrected chi connectivity index (χ1v) is 11.1. The molecule has 3 rings (SSSR count). The minimum Gasteiger partial charge on any atom is -0.487 e. The summed E-state index contributed by atoms with van der Waals surface area (Å²) in [5.74, 6) is 0.364. The molecule has 0 bridgehead atoms. The van der Waals surface area contributed by atoms with Crippen molar-refractivity contribution in [3.63, 3.8) is 0 Å². The van der Waals surface area contributed by atoms with Crippen LogP contribution in [-0.2, 0) is 10.0 Å². The zero-order valence-electron chi connectivity index (χ0n) is 16.2.